The summed E-state index contributed by atoms with van der Waals surface area (Å²) in [4.78, 5) is 3.92. The van der Waals surface area contributed by atoms with Crippen molar-refractivity contribution in [3.8, 4) is 0 Å². The first-order valence-electron chi connectivity index (χ1n) is 4.65. The maximum Gasteiger partial charge on any atom is 0.416 e. The molecule has 1 aliphatic heterocycles. The van der Waals surface area contributed by atoms with Gasteiger partial charge in [-0.25, -0.2) is 0 Å². The SMILES string of the molecule is Nc1cc(C2=CCN=C2)cc(C(F)(F)F)c1. The second-order valence-electron chi connectivity index (χ2n) is 3.50. The molecule has 5 heteroatoms. The Labute approximate surface area is 90.3 Å². The van der Waals surface area contributed by atoms with Crippen molar-refractivity contribution in [3.63, 3.8) is 0 Å². The van der Waals surface area contributed by atoms with Crippen molar-refractivity contribution in [2.75, 3.05) is 12.3 Å². The first-order valence-corrected chi connectivity index (χ1v) is 4.65. The Bertz CT molecular complexity index is 473. The van der Waals surface area contributed by atoms with Gasteiger partial charge in [0.25, 0.3) is 0 Å². The van der Waals surface area contributed by atoms with E-state index < -0.39 is 11.7 Å². The molecule has 16 heavy (non-hydrogen) atoms. The molecule has 0 fully saturated rings. The summed E-state index contributed by atoms with van der Waals surface area (Å²) < 4.78 is 37.6. The molecular weight excluding hydrogens is 217 g/mol. The lowest BCUT2D eigenvalue weighted by Crippen LogP contribution is -2.06. The molecule has 0 saturated carbocycles. The zero-order valence-corrected chi connectivity index (χ0v) is 8.25. The standard InChI is InChI=1S/C11H9F3N2/c12-11(13,14)9-3-8(4-10(15)5-9)7-1-2-16-6-7/h1,3-6H,2,15H2. The number of aliphatic imine (C=N–C) groups is 1. The molecule has 2 rings (SSSR count). The van der Waals surface area contributed by atoms with E-state index in [4.69, 9.17) is 5.73 Å². The minimum absolute atomic E-state index is 0.103. The largest absolute Gasteiger partial charge is 0.416 e. The average molecular weight is 226 g/mol. The van der Waals surface area contributed by atoms with Gasteiger partial charge in [-0.15, -0.1) is 0 Å². The van der Waals surface area contributed by atoms with Gasteiger partial charge in [0.1, 0.15) is 0 Å². The van der Waals surface area contributed by atoms with Crippen LogP contribution in [-0.4, -0.2) is 12.8 Å². The van der Waals surface area contributed by atoms with E-state index in [1.807, 2.05) is 0 Å². The van der Waals surface area contributed by atoms with Gasteiger partial charge in [-0.3, -0.25) is 4.99 Å². The Morgan fingerprint density at radius 2 is 1.94 bits per heavy atom. The predicted octanol–water partition coefficient (Wildman–Crippen LogP) is 2.76. The number of benzene rings is 1. The summed E-state index contributed by atoms with van der Waals surface area (Å²) in [6.45, 7) is 0.505. The number of halogens is 3. The number of nitrogens with two attached hydrogens (primary N) is 1. The topological polar surface area (TPSA) is 38.4 Å². The lowest BCUT2D eigenvalue weighted by molar-refractivity contribution is -0.137. The summed E-state index contributed by atoms with van der Waals surface area (Å²) in [6.07, 6.45) is -1.07. The second kappa shape index (κ2) is 3.66. The molecule has 1 aliphatic rings. The van der Waals surface area contributed by atoms with Gasteiger partial charge in [-0.05, 0) is 29.3 Å². The van der Waals surface area contributed by atoms with Crippen molar-refractivity contribution in [2.24, 2.45) is 4.99 Å². The number of nitrogen functional groups attached to an aromatic ring is 1. The molecule has 1 aromatic carbocycles. The average Bonchev–Trinajstić information content (AvgIpc) is 2.68. The van der Waals surface area contributed by atoms with Crippen LogP contribution in [0.1, 0.15) is 11.1 Å². The number of anilines is 1. The lowest BCUT2D eigenvalue weighted by atomic mass is 10.0. The van der Waals surface area contributed by atoms with Gasteiger partial charge < -0.3 is 5.73 Å². The highest BCUT2D eigenvalue weighted by molar-refractivity contribution is 6.11. The van der Waals surface area contributed by atoms with Crippen molar-refractivity contribution in [1.82, 2.24) is 0 Å². The summed E-state index contributed by atoms with van der Waals surface area (Å²) in [5.74, 6) is 0. The normalized spacial score (nSPS) is 15.3. The van der Waals surface area contributed by atoms with Crippen LogP contribution in [0, 0.1) is 0 Å². The Morgan fingerprint density at radius 1 is 1.19 bits per heavy atom. The predicted molar refractivity (Wildman–Crippen MR) is 57.2 cm³/mol. The third kappa shape index (κ3) is 2.08. The second-order valence-corrected chi connectivity index (χ2v) is 3.50. The van der Waals surface area contributed by atoms with Crippen molar-refractivity contribution >= 4 is 17.5 Å². The maximum absolute atomic E-state index is 12.5. The van der Waals surface area contributed by atoms with Crippen molar-refractivity contribution < 1.29 is 13.2 Å². The Kier molecular flexibility index (Phi) is 2.46. The van der Waals surface area contributed by atoms with Crippen LogP contribution >= 0.6 is 0 Å². The van der Waals surface area contributed by atoms with E-state index in [9.17, 15) is 13.2 Å². The van der Waals surface area contributed by atoms with E-state index >= 15 is 0 Å². The summed E-state index contributed by atoms with van der Waals surface area (Å²) in [6, 6.07) is 3.52. The van der Waals surface area contributed by atoms with Crippen LogP contribution in [0.5, 0.6) is 0 Å². The number of rotatable bonds is 1. The zero-order valence-electron chi connectivity index (χ0n) is 8.25. The van der Waals surface area contributed by atoms with Crippen LogP contribution in [0.15, 0.2) is 29.3 Å². The quantitative estimate of drug-likeness (QED) is 0.734. The number of allylic oxidation sites excluding steroid dienone is 1. The fourth-order valence-electron chi connectivity index (χ4n) is 1.53. The third-order valence-electron chi connectivity index (χ3n) is 2.26. The van der Waals surface area contributed by atoms with Crippen LogP contribution in [0.3, 0.4) is 0 Å². The van der Waals surface area contributed by atoms with Gasteiger partial charge in [0.2, 0.25) is 0 Å². The fraction of sp³-hybridized carbons (Fsp3) is 0.182. The van der Waals surface area contributed by atoms with E-state index in [0.717, 1.165) is 12.1 Å². The molecule has 2 N–H and O–H groups in total. The molecule has 0 atom stereocenters. The van der Waals surface area contributed by atoms with Crippen LogP contribution in [0.2, 0.25) is 0 Å². The zero-order chi connectivity index (χ0) is 11.8. The molecule has 0 radical (unpaired) electrons. The number of nitrogens with zero attached hydrogens (tertiary/aromatic N) is 1. The van der Waals surface area contributed by atoms with Gasteiger partial charge in [-0.1, -0.05) is 6.08 Å². The Morgan fingerprint density at radius 3 is 2.50 bits per heavy atom. The van der Waals surface area contributed by atoms with Gasteiger partial charge in [-0.2, -0.15) is 13.2 Å². The first kappa shape index (κ1) is 10.7. The third-order valence-corrected chi connectivity index (χ3v) is 2.26. The summed E-state index contributed by atoms with van der Waals surface area (Å²) in [7, 11) is 0. The van der Waals surface area contributed by atoms with Crippen LogP contribution in [0.4, 0.5) is 18.9 Å². The fourth-order valence-corrected chi connectivity index (χ4v) is 1.53. The molecule has 0 unspecified atom stereocenters. The molecule has 0 aromatic heterocycles. The first-order chi connectivity index (χ1) is 7.47. The molecule has 0 saturated heterocycles. The van der Waals surface area contributed by atoms with E-state index in [1.165, 1.54) is 6.07 Å². The molecular formula is C11H9F3N2. The minimum atomic E-state index is -4.37. The molecule has 84 valence electrons. The van der Waals surface area contributed by atoms with Crippen LogP contribution < -0.4 is 5.73 Å². The van der Waals surface area contributed by atoms with Crippen LogP contribution in [0.25, 0.3) is 5.57 Å². The Hall–Kier alpha value is -1.78. The Balaban J connectivity index is 2.48. The van der Waals surface area contributed by atoms with Gasteiger partial charge >= 0.3 is 6.18 Å². The van der Waals surface area contributed by atoms with E-state index in [-0.39, 0.29) is 5.69 Å². The highest BCUT2D eigenvalue weighted by Crippen LogP contribution is 2.32. The summed E-state index contributed by atoms with van der Waals surface area (Å²) >= 11 is 0. The monoisotopic (exact) mass is 226 g/mol. The molecule has 0 amide bonds. The molecule has 1 aromatic rings. The van der Waals surface area contributed by atoms with E-state index in [2.05, 4.69) is 4.99 Å². The summed E-state index contributed by atoms with van der Waals surface area (Å²) in [5, 5.41) is 0. The van der Waals surface area contributed by atoms with Gasteiger partial charge in [0.15, 0.2) is 0 Å². The highest BCUT2D eigenvalue weighted by Gasteiger charge is 2.31. The smallest absolute Gasteiger partial charge is 0.399 e. The molecule has 0 bridgehead atoms. The van der Waals surface area contributed by atoms with Crippen molar-refractivity contribution in [3.05, 3.63) is 35.4 Å². The minimum Gasteiger partial charge on any atom is -0.399 e. The highest BCUT2D eigenvalue weighted by atomic mass is 19.4. The molecule has 0 aliphatic carbocycles. The maximum atomic E-state index is 12.5. The lowest BCUT2D eigenvalue weighted by Gasteiger charge is -2.10. The number of alkyl halides is 3. The molecule has 0 spiro atoms. The number of hydrogen-bond acceptors (Lipinski definition) is 2. The van der Waals surface area contributed by atoms with Crippen molar-refractivity contribution in [1.29, 1.82) is 0 Å². The van der Waals surface area contributed by atoms with Gasteiger partial charge in [0, 0.05) is 11.9 Å². The molecule has 1 heterocycles. The van der Waals surface area contributed by atoms with Crippen LogP contribution in [-0.2, 0) is 6.18 Å². The van der Waals surface area contributed by atoms with Gasteiger partial charge in [0.05, 0.1) is 12.1 Å². The van der Waals surface area contributed by atoms with Crippen molar-refractivity contribution in [2.45, 2.75) is 6.18 Å². The number of hydrogen-bond donors (Lipinski definition) is 1. The van der Waals surface area contributed by atoms with E-state index in [1.54, 1.807) is 12.3 Å². The summed E-state index contributed by atoms with van der Waals surface area (Å²) in [5.41, 5.74) is 5.95. The van der Waals surface area contributed by atoms with E-state index in [0.29, 0.717) is 17.7 Å². The molecule has 2 nitrogen and oxygen atoms in total.